The lowest BCUT2D eigenvalue weighted by Gasteiger charge is -2.20. The molecule has 1 heterocycles. The average molecular weight is 279 g/mol. The van der Waals surface area contributed by atoms with Crippen LogP contribution in [-0.2, 0) is 17.6 Å². The zero-order valence-corrected chi connectivity index (χ0v) is 12.6. The number of rotatable bonds is 3. The SMILES string of the molecule is CC(C)(C)OC(=O)NCC(N)c1cc2c([nH]1)CCCC2. The lowest BCUT2D eigenvalue weighted by atomic mass is 9.98. The summed E-state index contributed by atoms with van der Waals surface area (Å²) in [6, 6.07) is 1.91. The summed E-state index contributed by atoms with van der Waals surface area (Å²) in [7, 11) is 0. The minimum Gasteiger partial charge on any atom is -0.444 e. The van der Waals surface area contributed by atoms with Crippen LogP contribution in [0.5, 0.6) is 0 Å². The number of H-pyrrole nitrogens is 1. The molecule has 0 radical (unpaired) electrons. The van der Waals surface area contributed by atoms with Crippen molar-refractivity contribution in [3.05, 3.63) is 23.0 Å². The number of ether oxygens (including phenoxy) is 1. The first-order chi connectivity index (χ1) is 9.35. The van der Waals surface area contributed by atoms with Gasteiger partial charge in [0.25, 0.3) is 0 Å². The maximum absolute atomic E-state index is 11.6. The molecular formula is C15H25N3O2. The Bertz CT molecular complexity index is 450. The van der Waals surface area contributed by atoms with Crippen LogP contribution in [0.25, 0.3) is 0 Å². The molecule has 1 aromatic rings. The van der Waals surface area contributed by atoms with Gasteiger partial charge in [-0.1, -0.05) is 0 Å². The third-order valence-corrected chi connectivity index (χ3v) is 3.40. The van der Waals surface area contributed by atoms with Crippen LogP contribution in [0.1, 0.15) is 56.6 Å². The number of aryl methyl sites for hydroxylation is 2. The standard InChI is InChI=1S/C15H25N3O2/c1-15(2,3)20-14(19)17-9-11(16)13-8-10-6-4-5-7-12(10)18-13/h8,11,18H,4-7,9,16H2,1-3H3,(H,17,19). The van der Waals surface area contributed by atoms with Crippen LogP contribution in [-0.4, -0.2) is 23.2 Å². The number of carbonyl (C=O) groups is 1. The molecule has 0 aromatic carbocycles. The van der Waals surface area contributed by atoms with Gasteiger partial charge in [-0.05, 0) is 58.1 Å². The molecule has 0 saturated carbocycles. The maximum Gasteiger partial charge on any atom is 0.407 e. The molecule has 1 aliphatic rings. The molecule has 1 aliphatic carbocycles. The van der Waals surface area contributed by atoms with Gasteiger partial charge in [0, 0.05) is 17.9 Å². The second kappa shape index (κ2) is 5.87. The molecule has 5 nitrogen and oxygen atoms in total. The third kappa shape index (κ3) is 4.00. The summed E-state index contributed by atoms with van der Waals surface area (Å²) in [4.78, 5) is 15.0. The Morgan fingerprint density at radius 2 is 2.15 bits per heavy atom. The predicted octanol–water partition coefficient (Wildman–Crippen LogP) is 2.42. The van der Waals surface area contributed by atoms with Gasteiger partial charge >= 0.3 is 6.09 Å². The minimum absolute atomic E-state index is 0.229. The Morgan fingerprint density at radius 3 is 2.80 bits per heavy atom. The zero-order valence-electron chi connectivity index (χ0n) is 12.6. The lowest BCUT2D eigenvalue weighted by Crippen LogP contribution is -2.36. The largest absolute Gasteiger partial charge is 0.444 e. The molecule has 20 heavy (non-hydrogen) atoms. The second-order valence-electron chi connectivity index (χ2n) is 6.42. The van der Waals surface area contributed by atoms with Crippen molar-refractivity contribution in [1.82, 2.24) is 10.3 Å². The second-order valence-corrected chi connectivity index (χ2v) is 6.42. The Kier molecular flexibility index (Phi) is 4.38. The highest BCUT2D eigenvalue weighted by molar-refractivity contribution is 5.67. The number of fused-ring (bicyclic) bond motifs is 1. The summed E-state index contributed by atoms with van der Waals surface area (Å²) in [5.74, 6) is 0. The fourth-order valence-electron chi connectivity index (χ4n) is 2.45. The van der Waals surface area contributed by atoms with Gasteiger partial charge < -0.3 is 20.8 Å². The van der Waals surface area contributed by atoms with Crippen molar-refractivity contribution in [2.45, 2.75) is 58.1 Å². The van der Waals surface area contributed by atoms with E-state index in [1.54, 1.807) is 0 Å². The summed E-state index contributed by atoms with van der Waals surface area (Å²) in [6.45, 7) is 5.89. The van der Waals surface area contributed by atoms with Crippen molar-refractivity contribution in [3.8, 4) is 0 Å². The fraction of sp³-hybridized carbons (Fsp3) is 0.667. The first kappa shape index (κ1) is 14.9. The molecule has 0 spiro atoms. The van der Waals surface area contributed by atoms with Crippen LogP contribution < -0.4 is 11.1 Å². The molecule has 1 amide bonds. The van der Waals surface area contributed by atoms with Crippen LogP contribution in [0.2, 0.25) is 0 Å². The van der Waals surface area contributed by atoms with Crippen molar-refractivity contribution in [3.63, 3.8) is 0 Å². The highest BCUT2D eigenvalue weighted by atomic mass is 16.6. The van der Waals surface area contributed by atoms with E-state index in [1.165, 1.54) is 24.1 Å². The molecular weight excluding hydrogens is 254 g/mol. The van der Waals surface area contributed by atoms with Gasteiger partial charge in [-0.3, -0.25) is 0 Å². The molecule has 1 atom stereocenters. The Balaban J connectivity index is 1.87. The molecule has 2 rings (SSSR count). The minimum atomic E-state index is -0.486. The van der Waals surface area contributed by atoms with Gasteiger partial charge in [-0.15, -0.1) is 0 Å². The topological polar surface area (TPSA) is 80.1 Å². The quantitative estimate of drug-likeness (QED) is 0.795. The molecule has 0 saturated heterocycles. The van der Waals surface area contributed by atoms with Crippen molar-refractivity contribution >= 4 is 6.09 Å². The maximum atomic E-state index is 11.6. The van der Waals surface area contributed by atoms with Crippen LogP contribution in [0, 0.1) is 0 Å². The van der Waals surface area contributed by atoms with Gasteiger partial charge in [-0.2, -0.15) is 0 Å². The van der Waals surface area contributed by atoms with E-state index in [0.717, 1.165) is 18.5 Å². The fourth-order valence-corrected chi connectivity index (χ4v) is 2.45. The van der Waals surface area contributed by atoms with E-state index in [4.69, 9.17) is 10.5 Å². The number of aromatic amines is 1. The number of nitrogens with one attached hydrogen (secondary N) is 2. The molecule has 1 unspecified atom stereocenters. The van der Waals surface area contributed by atoms with E-state index in [0.29, 0.717) is 6.54 Å². The first-order valence-electron chi connectivity index (χ1n) is 7.28. The van der Waals surface area contributed by atoms with Gasteiger partial charge in [0.1, 0.15) is 5.60 Å². The number of amides is 1. The van der Waals surface area contributed by atoms with E-state index in [1.807, 2.05) is 20.8 Å². The van der Waals surface area contributed by atoms with Gasteiger partial charge in [0.2, 0.25) is 0 Å². The van der Waals surface area contributed by atoms with E-state index >= 15 is 0 Å². The third-order valence-electron chi connectivity index (χ3n) is 3.40. The van der Waals surface area contributed by atoms with E-state index in [9.17, 15) is 4.79 Å². The molecule has 0 fully saturated rings. The predicted molar refractivity (Wildman–Crippen MR) is 78.6 cm³/mol. The average Bonchev–Trinajstić information content (AvgIpc) is 2.77. The Morgan fingerprint density at radius 1 is 1.45 bits per heavy atom. The summed E-state index contributed by atoms with van der Waals surface area (Å²) in [6.07, 6.45) is 4.28. The summed E-state index contributed by atoms with van der Waals surface area (Å²) in [5.41, 5.74) is 9.30. The molecule has 1 aromatic heterocycles. The van der Waals surface area contributed by atoms with Crippen LogP contribution in [0.15, 0.2) is 6.07 Å². The van der Waals surface area contributed by atoms with Crippen molar-refractivity contribution < 1.29 is 9.53 Å². The normalized spacial score (nSPS) is 16.4. The van der Waals surface area contributed by atoms with E-state index in [-0.39, 0.29) is 6.04 Å². The van der Waals surface area contributed by atoms with Gasteiger partial charge in [-0.25, -0.2) is 4.79 Å². The molecule has 4 N–H and O–H groups in total. The molecule has 112 valence electrons. The number of aromatic nitrogens is 1. The summed E-state index contributed by atoms with van der Waals surface area (Å²) in [5, 5.41) is 2.71. The van der Waals surface area contributed by atoms with E-state index in [2.05, 4.69) is 16.4 Å². The highest BCUT2D eigenvalue weighted by Crippen LogP contribution is 2.23. The molecule has 5 heteroatoms. The van der Waals surface area contributed by atoms with Crippen molar-refractivity contribution in [2.75, 3.05) is 6.54 Å². The molecule has 0 bridgehead atoms. The number of carbonyl (C=O) groups excluding carboxylic acids is 1. The molecule has 0 aliphatic heterocycles. The van der Waals surface area contributed by atoms with Gasteiger partial charge in [0.15, 0.2) is 0 Å². The van der Waals surface area contributed by atoms with E-state index < -0.39 is 11.7 Å². The lowest BCUT2D eigenvalue weighted by molar-refractivity contribution is 0.0524. The van der Waals surface area contributed by atoms with Crippen LogP contribution in [0.4, 0.5) is 4.79 Å². The van der Waals surface area contributed by atoms with Gasteiger partial charge in [0.05, 0.1) is 6.04 Å². The summed E-state index contributed by atoms with van der Waals surface area (Å²) < 4.78 is 5.19. The number of hydrogen-bond donors (Lipinski definition) is 3. The Hall–Kier alpha value is -1.49. The highest BCUT2D eigenvalue weighted by Gasteiger charge is 2.19. The van der Waals surface area contributed by atoms with Crippen LogP contribution >= 0.6 is 0 Å². The number of nitrogens with two attached hydrogens (primary N) is 1. The monoisotopic (exact) mass is 279 g/mol. The number of alkyl carbamates (subject to hydrolysis) is 1. The van der Waals surface area contributed by atoms with Crippen molar-refractivity contribution in [2.24, 2.45) is 5.73 Å². The van der Waals surface area contributed by atoms with Crippen LogP contribution in [0.3, 0.4) is 0 Å². The summed E-state index contributed by atoms with van der Waals surface area (Å²) >= 11 is 0. The zero-order chi connectivity index (χ0) is 14.8. The van der Waals surface area contributed by atoms with Crippen molar-refractivity contribution in [1.29, 1.82) is 0 Å². The Labute approximate surface area is 120 Å². The first-order valence-corrected chi connectivity index (χ1v) is 7.28. The number of hydrogen-bond acceptors (Lipinski definition) is 3. The smallest absolute Gasteiger partial charge is 0.407 e.